The maximum atomic E-state index is 5.72. The quantitative estimate of drug-likeness (QED) is 0.0357. The lowest BCUT2D eigenvalue weighted by molar-refractivity contribution is 0.525. The number of benzene rings is 4. The molecule has 0 saturated heterocycles. The van der Waals surface area contributed by atoms with Crippen LogP contribution in [0.5, 0.6) is 0 Å². The van der Waals surface area contributed by atoms with Crippen molar-refractivity contribution in [2.75, 3.05) is 0 Å². The molecule has 0 bridgehead atoms. The highest BCUT2D eigenvalue weighted by Gasteiger charge is 2.22. The van der Waals surface area contributed by atoms with Gasteiger partial charge in [-0.25, -0.2) is 9.97 Å². The summed E-state index contributed by atoms with van der Waals surface area (Å²) in [5.74, 6) is 0. The zero-order valence-electron chi connectivity index (χ0n) is 50.5. The van der Waals surface area contributed by atoms with Crippen LogP contribution in [0.15, 0.2) is 72.8 Å². The summed E-state index contributed by atoms with van der Waals surface area (Å²) in [6.45, 7) is 13.7. The number of aryl methyl sites for hydroxylation is 6. The van der Waals surface area contributed by atoms with Crippen molar-refractivity contribution in [3.05, 3.63) is 105 Å². The highest BCUT2D eigenvalue weighted by atomic mass is 32.1. The van der Waals surface area contributed by atoms with Crippen LogP contribution in [0, 0.1) is 27.7 Å². The van der Waals surface area contributed by atoms with E-state index >= 15 is 0 Å². The molecule has 0 aliphatic heterocycles. The van der Waals surface area contributed by atoms with Crippen LogP contribution < -0.4 is 0 Å². The number of hydrogen-bond acceptors (Lipinski definition) is 4. The van der Waals surface area contributed by atoms with Crippen LogP contribution in [0.1, 0.15) is 278 Å². The van der Waals surface area contributed by atoms with Gasteiger partial charge in [-0.2, -0.15) is 0 Å². The van der Waals surface area contributed by atoms with E-state index in [9.17, 15) is 0 Å². The van der Waals surface area contributed by atoms with E-state index in [4.69, 9.17) is 9.97 Å². The first-order valence-corrected chi connectivity index (χ1v) is 34.4. The van der Waals surface area contributed by atoms with E-state index in [2.05, 4.69) is 114 Å². The summed E-state index contributed by atoms with van der Waals surface area (Å²) in [6.07, 6.45) is 53.1. The average molecular weight is 1090 g/mol. The third-order valence-electron chi connectivity index (χ3n) is 17.4. The molecule has 0 aliphatic carbocycles. The molecule has 0 amide bonds. The van der Waals surface area contributed by atoms with Crippen molar-refractivity contribution in [3.63, 3.8) is 0 Å². The normalized spacial score (nSPS) is 11.9. The van der Waals surface area contributed by atoms with Gasteiger partial charge in [0.1, 0.15) is 0 Å². The first-order valence-electron chi connectivity index (χ1n) is 32.8. The first-order chi connectivity index (χ1) is 38.4. The Labute approximate surface area is 484 Å². The molecule has 0 saturated carbocycles. The van der Waals surface area contributed by atoms with Gasteiger partial charge in [0.05, 0.1) is 31.8 Å². The molecule has 78 heavy (non-hydrogen) atoms. The third kappa shape index (κ3) is 19.4. The van der Waals surface area contributed by atoms with Crippen LogP contribution in [0.4, 0.5) is 0 Å². The molecule has 0 aliphatic rings. The topological polar surface area (TPSA) is 25.8 Å². The molecule has 424 valence electrons. The number of thiophene rings is 2. The van der Waals surface area contributed by atoms with Gasteiger partial charge < -0.3 is 0 Å². The Morgan fingerprint density at radius 1 is 0.359 bits per heavy atom. The second kappa shape index (κ2) is 35.1. The minimum absolute atomic E-state index is 0.966. The monoisotopic (exact) mass is 1090 g/mol. The van der Waals surface area contributed by atoms with Gasteiger partial charge in [-0.15, -0.1) is 22.7 Å². The van der Waals surface area contributed by atoms with Gasteiger partial charge in [0.25, 0.3) is 0 Å². The molecule has 4 aromatic carbocycles. The molecule has 0 unspecified atom stereocenters. The highest BCUT2D eigenvalue weighted by molar-refractivity contribution is 7.29. The van der Waals surface area contributed by atoms with Gasteiger partial charge in [0, 0.05) is 26.4 Å². The Hall–Kier alpha value is -3.86. The molecular weight excluding hydrogens is 981 g/mol. The zero-order chi connectivity index (χ0) is 54.6. The summed E-state index contributed by atoms with van der Waals surface area (Å²) in [7, 11) is 0. The fourth-order valence-electron chi connectivity index (χ4n) is 12.4. The average Bonchev–Trinajstić information content (AvgIpc) is 4.24. The number of fused-ring (bicyclic) bond motifs is 4. The Morgan fingerprint density at radius 3 is 1.22 bits per heavy atom. The van der Waals surface area contributed by atoms with Crippen LogP contribution in [-0.2, 0) is 12.8 Å². The number of nitrogens with zero attached hydrogens (tertiary/aromatic N) is 2. The summed E-state index contributed by atoms with van der Waals surface area (Å²) in [5, 5.41) is 2.91. The fraction of sp³-hybridized carbons (Fsp3) is 0.595. The number of hydrogen-bond donors (Lipinski definition) is 0. The van der Waals surface area contributed by atoms with Crippen molar-refractivity contribution in [3.8, 4) is 33.0 Å². The van der Waals surface area contributed by atoms with Crippen molar-refractivity contribution in [1.82, 2.24) is 9.97 Å². The van der Waals surface area contributed by atoms with Crippen LogP contribution in [0.25, 0.3) is 64.2 Å². The lowest BCUT2D eigenvalue weighted by atomic mass is 9.95. The summed E-state index contributed by atoms with van der Waals surface area (Å²) < 4.78 is 2.90. The molecule has 0 atom stereocenters. The van der Waals surface area contributed by atoms with Gasteiger partial charge >= 0.3 is 0 Å². The summed E-state index contributed by atoms with van der Waals surface area (Å²) in [6, 6.07) is 27.8. The molecule has 0 fully saturated rings. The van der Waals surface area contributed by atoms with E-state index in [1.807, 2.05) is 22.7 Å². The van der Waals surface area contributed by atoms with E-state index in [0.717, 1.165) is 46.4 Å². The predicted molar refractivity (Wildman–Crippen MR) is 351 cm³/mol. The van der Waals surface area contributed by atoms with Crippen LogP contribution >= 0.6 is 22.7 Å². The van der Waals surface area contributed by atoms with Gasteiger partial charge in [0.15, 0.2) is 0 Å². The molecule has 0 N–H and O–H groups in total. The van der Waals surface area contributed by atoms with Gasteiger partial charge in [0.2, 0.25) is 0 Å². The first kappa shape index (κ1) is 61.8. The minimum atomic E-state index is 0.966. The highest BCUT2D eigenvalue weighted by Crippen LogP contribution is 2.46. The van der Waals surface area contributed by atoms with Gasteiger partial charge in [-0.1, -0.05) is 298 Å². The van der Waals surface area contributed by atoms with Gasteiger partial charge in [-0.05, 0) is 98.5 Å². The number of unbranched alkanes of at least 4 members (excludes halogenated alkanes) is 34. The number of aromatic nitrogens is 2. The van der Waals surface area contributed by atoms with Crippen molar-refractivity contribution < 1.29 is 0 Å². The zero-order valence-corrected chi connectivity index (χ0v) is 52.1. The van der Waals surface area contributed by atoms with Crippen molar-refractivity contribution in [2.45, 2.75) is 286 Å². The van der Waals surface area contributed by atoms with Crippen molar-refractivity contribution >= 4 is 53.9 Å². The maximum Gasteiger partial charge on any atom is 0.0984 e. The molecular formula is C74H106N2S2. The molecule has 3 heterocycles. The summed E-state index contributed by atoms with van der Waals surface area (Å²) in [5.41, 5.74) is 14.3. The molecule has 7 aromatic rings. The largest absolute Gasteiger partial charge is 0.244 e. The van der Waals surface area contributed by atoms with E-state index < -0.39 is 0 Å². The molecule has 7 rings (SSSR count). The van der Waals surface area contributed by atoms with Crippen LogP contribution in [-0.4, -0.2) is 9.97 Å². The summed E-state index contributed by atoms with van der Waals surface area (Å²) in [4.78, 5) is 14.0. The standard InChI is InChI=1S/C74H106N2S2/c1-7-9-11-13-15-17-19-21-23-25-27-29-31-33-35-37-39-41-43-61-48-52-63(53-49-61)71-70(62-50-45-57(3)46-51-62)75-69-58(4)47-54-65(72(69)76-71)68-56-67-64(60(6)66-55-59(5)77-73(66)74(67)78-68)44-42-40-38-36-34-32-30-28-26-24-22-20-18-16-14-12-10-8-2/h45-56H,7-44H2,1-6H3. The maximum absolute atomic E-state index is 5.72. The minimum Gasteiger partial charge on any atom is -0.244 e. The Balaban J connectivity index is 0.946. The Bertz CT molecular complexity index is 2770. The second-order valence-corrected chi connectivity index (χ2v) is 26.5. The fourth-order valence-corrected chi connectivity index (χ4v) is 14.8. The van der Waals surface area contributed by atoms with Crippen LogP contribution in [0.3, 0.4) is 0 Å². The third-order valence-corrected chi connectivity index (χ3v) is 19.8. The van der Waals surface area contributed by atoms with Crippen molar-refractivity contribution in [2.24, 2.45) is 0 Å². The molecule has 0 spiro atoms. The van der Waals surface area contributed by atoms with E-state index in [1.54, 1.807) is 5.56 Å². The van der Waals surface area contributed by atoms with Crippen molar-refractivity contribution in [1.29, 1.82) is 0 Å². The predicted octanol–water partition coefficient (Wildman–Crippen LogP) is 25.5. The lowest BCUT2D eigenvalue weighted by Gasteiger charge is -2.14. The summed E-state index contributed by atoms with van der Waals surface area (Å²) >= 11 is 3.94. The van der Waals surface area contributed by atoms with E-state index in [0.29, 0.717) is 0 Å². The lowest BCUT2D eigenvalue weighted by Crippen LogP contribution is -1.98. The van der Waals surface area contributed by atoms with Crippen LogP contribution in [0.2, 0.25) is 0 Å². The Kier molecular flexibility index (Phi) is 27.8. The Morgan fingerprint density at radius 2 is 0.756 bits per heavy atom. The molecule has 0 radical (unpaired) electrons. The molecule has 2 nitrogen and oxygen atoms in total. The molecule has 3 aromatic heterocycles. The molecule has 4 heteroatoms. The SMILES string of the molecule is CCCCCCCCCCCCCCCCCCCCc1ccc(-c2nc3c(-c4cc5c(CCCCCCCCCCCCCCCCCCCC)c(C)c6cc(C)sc6c5s4)ccc(C)c3nc2-c2ccc(C)cc2)cc1. The number of rotatable bonds is 41. The second-order valence-electron chi connectivity index (χ2n) is 24.2. The van der Waals surface area contributed by atoms with E-state index in [-0.39, 0.29) is 0 Å². The smallest absolute Gasteiger partial charge is 0.0984 e. The van der Waals surface area contributed by atoms with Gasteiger partial charge in [-0.3, -0.25) is 0 Å². The van der Waals surface area contributed by atoms with E-state index in [1.165, 1.54) is 289 Å².